The minimum Gasteiger partial charge on any atom is -0.453 e. The lowest BCUT2D eigenvalue weighted by atomic mass is 10.2. The van der Waals surface area contributed by atoms with Crippen LogP contribution in [0.1, 0.15) is 5.56 Å². The molecule has 1 N–H and O–H groups in total. The van der Waals surface area contributed by atoms with Gasteiger partial charge in [0.15, 0.2) is 5.75 Å². The van der Waals surface area contributed by atoms with Gasteiger partial charge in [0.05, 0.1) is 24.9 Å². The van der Waals surface area contributed by atoms with Crippen molar-refractivity contribution >= 4 is 57.2 Å². The number of halogens is 4. The Hall–Kier alpha value is -2.39. The summed E-state index contributed by atoms with van der Waals surface area (Å²) < 4.78 is 34.3. The summed E-state index contributed by atoms with van der Waals surface area (Å²) in [5.74, 6) is -0.242. The lowest BCUT2D eigenvalue weighted by Crippen LogP contribution is -2.06. The topological polar surface area (TPSA) is 81.5 Å². The van der Waals surface area contributed by atoms with Crippen LogP contribution < -0.4 is 9.46 Å². The van der Waals surface area contributed by atoms with Crippen molar-refractivity contribution in [3.63, 3.8) is 0 Å². The third-order valence-corrected chi connectivity index (χ3v) is 5.84. The van der Waals surface area contributed by atoms with Crippen LogP contribution in [0, 0.1) is 22.9 Å². The predicted octanol–water partition coefficient (Wildman–Crippen LogP) is 6.93. The Kier molecular flexibility index (Phi) is 6.82. The number of nitrogens with zero attached hydrogens (tertiary/aromatic N) is 1. The number of nitrogens with one attached hydrogen (secondary N) is 1. The van der Waals surface area contributed by atoms with Gasteiger partial charge in [0.1, 0.15) is 22.6 Å². The average molecular weight is 490 g/mol. The second-order valence-electron chi connectivity index (χ2n) is 6.02. The van der Waals surface area contributed by atoms with Crippen molar-refractivity contribution < 1.29 is 18.3 Å². The van der Waals surface area contributed by atoms with Crippen LogP contribution in [0.25, 0.3) is 0 Å². The van der Waals surface area contributed by atoms with Crippen LogP contribution in [0.4, 0.5) is 15.8 Å². The molecule has 11 heteroatoms. The number of nitro groups is 1. The molecule has 1 unspecified atom stereocenters. The van der Waals surface area contributed by atoms with Gasteiger partial charge in [-0.1, -0.05) is 34.8 Å². The van der Waals surface area contributed by atoms with Crippen LogP contribution in [0.15, 0.2) is 53.4 Å². The number of hydrogen-bond donors (Lipinski definition) is 1. The normalized spacial score (nSPS) is 11.8. The van der Waals surface area contributed by atoms with Crippen LogP contribution >= 0.6 is 34.8 Å². The van der Waals surface area contributed by atoms with E-state index in [-0.39, 0.29) is 37.1 Å². The van der Waals surface area contributed by atoms with Gasteiger partial charge in [-0.15, -0.1) is 0 Å². The highest BCUT2D eigenvalue weighted by Gasteiger charge is 2.17. The molecule has 0 aliphatic heterocycles. The van der Waals surface area contributed by atoms with Crippen LogP contribution in [-0.2, 0) is 11.0 Å². The van der Waals surface area contributed by atoms with Crippen molar-refractivity contribution in [1.82, 2.24) is 0 Å². The largest absolute Gasteiger partial charge is 0.453 e. The zero-order valence-corrected chi connectivity index (χ0v) is 18.2. The molecule has 6 nitrogen and oxygen atoms in total. The highest BCUT2D eigenvalue weighted by Crippen LogP contribution is 2.41. The maximum Gasteiger partial charge on any atom is 0.271 e. The molecule has 0 fully saturated rings. The highest BCUT2D eigenvalue weighted by atomic mass is 35.5. The highest BCUT2D eigenvalue weighted by molar-refractivity contribution is 7.86. The number of aryl methyl sites for hydroxylation is 1. The Morgan fingerprint density at radius 1 is 1.03 bits per heavy atom. The second kappa shape index (κ2) is 9.18. The van der Waals surface area contributed by atoms with Gasteiger partial charge in [0.2, 0.25) is 0 Å². The Balaban J connectivity index is 1.85. The summed E-state index contributed by atoms with van der Waals surface area (Å²) in [5.41, 5.74) is 0.866. The first kappa shape index (κ1) is 22.3. The molecular weight excluding hydrogens is 478 g/mol. The maximum absolute atomic E-state index is 13.2. The Morgan fingerprint density at radius 3 is 2.27 bits per heavy atom. The van der Waals surface area contributed by atoms with Crippen molar-refractivity contribution in [1.29, 1.82) is 0 Å². The fourth-order valence-electron chi connectivity index (χ4n) is 2.44. The Labute approximate surface area is 188 Å². The van der Waals surface area contributed by atoms with Crippen LogP contribution in [0.3, 0.4) is 0 Å². The summed E-state index contributed by atoms with van der Waals surface area (Å²) in [6.07, 6.45) is 0. The molecule has 0 aliphatic rings. The molecule has 0 amide bonds. The molecule has 0 radical (unpaired) electrons. The van der Waals surface area contributed by atoms with Crippen molar-refractivity contribution in [2.75, 3.05) is 4.72 Å². The van der Waals surface area contributed by atoms with Gasteiger partial charge in [-0.25, -0.2) is 8.60 Å². The number of ether oxygens (including phenoxy) is 1. The van der Waals surface area contributed by atoms with E-state index in [0.29, 0.717) is 11.3 Å². The van der Waals surface area contributed by atoms with Gasteiger partial charge in [-0.3, -0.25) is 10.1 Å². The van der Waals surface area contributed by atoms with Crippen LogP contribution in [0.5, 0.6) is 11.5 Å². The van der Waals surface area contributed by atoms with Crippen LogP contribution in [0.2, 0.25) is 15.1 Å². The third kappa shape index (κ3) is 5.02. The average Bonchev–Trinajstić information content (AvgIpc) is 2.67. The summed E-state index contributed by atoms with van der Waals surface area (Å²) in [6.45, 7) is 1.67. The minimum atomic E-state index is -1.74. The van der Waals surface area contributed by atoms with E-state index in [0.717, 1.165) is 6.07 Å². The molecule has 3 aromatic carbocycles. The summed E-state index contributed by atoms with van der Waals surface area (Å²) in [4.78, 5) is 10.5. The zero-order chi connectivity index (χ0) is 22.0. The predicted molar refractivity (Wildman–Crippen MR) is 116 cm³/mol. The lowest BCUT2D eigenvalue weighted by Gasteiger charge is -2.13. The van der Waals surface area contributed by atoms with E-state index in [1.54, 1.807) is 6.92 Å². The molecule has 0 aromatic heterocycles. The van der Waals surface area contributed by atoms with Crippen molar-refractivity contribution in [3.05, 3.63) is 85.1 Å². The van der Waals surface area contributed by atoms with Gasteiger partial charge >= 0.3 is 0 Å². The molecule has 0 aliphatic carbocycles. The molecule has 0 saturated heterocycles. The van der Waals surface area contributed by atoms with E-state index in [4.69, 9.17) is 39.5 Å². The molecule has 0 heterocycles. The summed E-state index contributed by atoms with van der Waals surface area (Å²) in [5, 5.41) is 10.9. The van der Waals surface area contributed by atoms with Gasteiger partial charge in [0.25, 0.3) is 5.69 Å². The Bertz CT molecular complexity index is 1150. The van der Waals surface area contributed by atoms with Gasteiger partial charge in [-0.05, 0) is 48.9 Å². The summed E-state index contributed by atoms with van der Waals surface area (Å²) >= 11 is 18.5. The van der Waals surface area contributed by atoms with E-state index in [1.807, 2.05) is 0 Å². The van der Waals surface area contributed by atoms with Gasteiger partial charge in [0, 0.05) is 17.8 Å². The van der Waals surface area contributed by atoms with E-state index in [2.05, 4.69) is 4.72 Å². The fourth-order valence-corrected chi connectivity index (χ4v) is 4.34. The first-order valence-corrected chi connectivity index (χ1v) is 10.5. The fraction of sp³-hybridized carbons (Fsp3) is 0.0526. The van der Waals surface area contributed by atoms with E-state index < -0.39 is 21.7 Å². The minimum absolute atomic E-state index is 0.00237. The second-order valence-corrected chi connectivity index (χ2v) is 8.45. The molecule has 0 saturated carbocycles. The van der Waals surface area contributed by atoms with Crippen molar-refractivity contribution in [2.24, 2.45) is 0 Å². The number of non-ortho nitro benzene ring substituents is 1. The van der Waals surface area contributed by atoms with E-state index in [9.17, 15) is 18.7 Å². The molecule has 3 rings (SSSR count). The lowest BCUT2D eigenvalue weighted by molar-refractivity contribution is -0.384. The zero-order valence-electron chi connectivity index (χ0n) is 15.1. The summed E-state index contributed by atoms with van der Waals surface area (Å²) in [6, 6.07) is 10.5. The van der Waals surface area contributed by atoms with Crippen molar-refractivity contribution in [3.8, 4) is 11.5 Å². The number of anilines is 1. The third-order valence-electron chi connectivity index (χ3n) is 3.92. The first-order chi connectivity index (χ1) is 14.2. The van der Waals surface area contributed by atoms with E-state index in [1.165, 1.54) is 42.5 Å². The maximum atomic E-state index is 13.2. The van der Waals surface area contributed by atoms with E-state index >= 15 is 0 Å². The molecule has 30 heavy (non-hydrogen) atoms. The molecule has 0 spiro atoms. The van der Waals surface area contributed by atoms with Gasteiger partial charge < -0.3 is 9.46 Å². The quantitative estimate of drug-likeness (QED) is 0.301. The molecular formula is C19H12Cl3FN2O4S. The SMILES string of the molecule is Cc1cc(F)ccc1NS(=O)c1cc(Cl)c(Oc2ccc([N+](=O)[O-])cc2Cl)c(Cl)c1. The standard InChI is InChI=1S/C19H12Cl3FN2O4S/c1-10-6-11(23)2-4-17(10)24-30(28)13-8-15(21)19(16(22)9-13)29-18-5-3-12(25(26)27)7-14(18)20/h2-9,24H,1H3. The smallest absolute Gasteiger partial charge is 0.271 e. The number of hydrogen-bond acceptors (Lipinski definition) is 4. The molecule has 3 aromatic rings. The van der Waals surface area contributed by atoms with Crippen LogP contribution in [-0.4, -0.2) is 9.13 Å². The number of benzene rings is 3. The molecule has 1 atom stereocenters. The molecule has 0 bridgehead atoms. The van der Waals surface area contributed by atoms with Crippen molar-refractivity contribution in [2.45, 2.75) is 11.8 Å². The summed E-state index contributed by atoms with van der Waals surface area (Å²) in [7, 11) is -1.74. The monoisotopic (exact) mass is 488 g/mol. The molecule has 156 valence electrons. The number of rotatable bonds is 6. The Morgan fingerprint density at radius 2 is 1.70 bits per heavy atom. The first-order valence-electron chi connectivity index (χ1n) is 8.21. The van der Waals surface area contributed by atoms with Gasteiger partial charge in [-0.2, -0.15) is 0 Å². The number of nitro benzene ring substituents is 1.